The number of alkyl halides is 5. The number of nitrogens with zero attached hydrogens (tertiary/aromatic N) is 3. The number of anilines is 1. The number of aromatic nitrogens is 2. The van der Waals surface area contributed by atoms with Gasteiger partial charge in [0.25, 0.3) is 12.3 Å². The predicted molar refractivity (Wildman–Crippen MR) is 106 cm³/mol. The number of hydrogen-bond acceptors (Lipinski definition) is 7. The van der Waals surface area contributed by atoms with Crippen molar-refractivity contribution in [2.75, 3.05) is 5.32 Å². The summed E-state index contributed by atoms with van der Waals surface area (Å²) in [6.45, 7) is 0.814. The number of halogens is 5. The van der Waals surface area contributed by atoms with E-state index in [2.05, 4.69) is 9.97 Å². The van der Waals surface area contributed by atoms with E-state index in [4.69, 9.17) is 0 Å². The summed E-state index contributed by atoms with van der Waals surface area (Å²) in [4.78, 5) is 33.8. The summed E-state index contributed by atoms with van der Waals surface area (Å²) in [7, 11) is 0. The number of thiazole rings is 1. The van der Waals surface area contributed by atoms with E-state index in [1.807, 2.05) is 5.32 Å². The van der Waals surface area contributed by atoms with Gasteiger partial charge in [-0.05, 0) is 38.7 Å². The molecule has 0 aromatic carbocycles. The van der Waals surface area contributed by atoms with Gasteiger partial charge in [0.05, 0.1) is 4.88 Å². The molecule has 1 amide bonds. The van der Waals surface area contributed by atoms with Gasteiger partial charge >= 0.3 is 57.6 Å². The predicted octanol–water partition coefficient (Wildman–Crippen LogP) is 0.640. The van der Waals surface area contributed by atoms with E-state index < -0.39 is 46.9 Å². The third-order valence-corrected chi connectivity index (χ3v) is 7.03. The Balaban J connectivity index is 0.00000324. The van der Waals surface area contributed by atoms with E-state index >= 15 is 0 Å². The number of carbonyl (C=O) groups excluding carboxylic acids is 2. The third kappa shape index (κ3) is 5.31. The van der Waals surface area contributed by atoms with Crippen molar-refractivity contribution in [3.63, 3.8) is 0 Å². The molecule has 0 aliphatic carbocycles. The summed E-state index contributed by atoms with van der Waals surface area (Å²) in [5.74, 6) is -2.67. The van der Waals surface area contributed by atoms with Crippen molar-refractivity contribution in [1.29, 1.82) is 0 Å². The van der Waals surface area contributed by atoms with Gasteiger partial charge in [-0.1, -0.05) is 0 Å². The van der Waals surface area contributed by atoms with Gasteiger partial charge in [0, 0.05) is 29.4 Å². The molecule has 4 heterocycles. The van der Waals surface area contributed by atoms with Crippen LogP contribution in [0.2, 0.25) is 0 Å². The zero-order valence-corrected chi connectivity index (χ0v) is 22.1. The minimum absolute atomic E-state index is 0. The fourth-order valence-corrected chi connectivity index (χ4v) is 5.25. The second kappa shape index (κ2) is 10.4. The molecule has 1 atom stereocenters. The molecule has 0 radical (unpaired) electrons. The summed E-state index contributed by atoms with van der Waals surface area (Å²) in [6.07, 6.45) is -3.68. The third-order valence-electron chi connectivity index (χ3n) is 5.96. The van der Waals surface area contributed by atoms with Gasteiger partial charge < -0.3 is 20.1 Å². The van der Waals surface area contributed by atoms with Crippen LogP contribution in [0.5, 0.6) is 0 Å². The first kappa shape index (κ1) is 27.4. The maximum Gasteiger partial charge on any atom is 1.00 e. The van der Waals surface area contributed by atoms with E-state index in [-0.39, 0.29) is 79.6 Å². The molecule has 7 nitrogen and oxygen atoms in total. The van der Waals surface area contributed by atoms with Crippen LogP contribution in [-0.4, -0.2) is 51.0 Å². The van der Waals surface area contributed by atoms with Crippen molar-refractivity contribution in [1.82, 2.24) is 14.9 Å². The summed E-state index contributed by atoms with van der Waals surface area (Å²) in [5, 5.41) is 12.9. The molecule has 2 aliphatic rings. The summed E-state index contributed by atoms with van der Waals surface area (Å²) in [5.41, 5.74) is -1.27. The van der Waals surface area contributed by atoms with Crippen LogP contribution in [0, 0.1) is 0 Å². The second-order valence-electron chi connectivity index (χ2n) is 8.02. The van der Waals surface area contributed by atoms with Crippen LogP contribution in [-0.2, 0) is 0 Å². The topological polar surface area (TPSA) is 98.2 Å². The Labute approximate surface area is 237 Å². The van der Waals surface area contributed by atoms with Gasteiger partial charge in [0.1, 0.15) is 28.5 Å². The van der Waals surface area contributed by atoms with E-state index in [0.717, 1.165) is 44.9 Å². The number of carbonyl (C=O) groups is 2. The molecule has 0 unspecified atom stereocenters. The second-order valence-corrected chi connectivity index (χ2v) is 9.02. The largest absolute Gasteiger partial charge is 1.00 e. The molecule has 4 rings (SSSR count). The number of aromatic carboxylic acids is 1. The molecule has 0 spiro atoms. The number of amides is 1. The number of nitrogens with one attached hydrogen (secondary N) is 1. The molecule has 2 aromatic heterocycles. The smallest absolute Gasteiger partial charge is 0.542 e. The molecular weight excluding hydrogens is 510 g/mol. The summed E-state index contributed by atoms with van der Waals surface area (Å²) >= 11 is 0.492. The van der Waals surface area contributed by atoms with Gasteiger partial charge in [-0.15, -0.1) is 11.3 Å². The van der Waals surface area contributed by atoms with Crippen molar-refractivity contribution in [2.24, 2.45) is 0 Å². The number of rotatable bonds is 6. The van der Waals surface area contributed by atoms with Gasteiger partial charge in [0.2, 0.25) is 0 Å². The van der Waals surface area contributed by atoms with E-state index in [1.165, 1.54) is 0 Å². The van der Waals surface area contributed by atoms with Crippen LogP contribution in [0.3, 0.4) is 0 Å². The maximum atomic E-state index is 13.9. The zero-order chi connectivity index (χ0) is 24.1. The Morgan fingerprint density at radius 2 is 1.79 bits per heavy atom. The molecule has 0 saturated carbocycles. The Hall–Kier alpha value is -1.19. The van der Waals surface area contributed by atoms with Gasteiger partial charge in [-0.25, -0.2) is 18.7 Å². The average molecular weight is 529 g/mol. The average Bonchev–Trinajstić information content (AvgIpc) is 3.46. The van der Waals surface area contributed by atoms with Gasteiger partial charge in [0.15, 0.2) is 0 Å². The van der Waals surface area contributed by atoms with E-state index in [9.17, 15) is 36.6 Å². The molecule has 2 aromatic rings. The number of fused-ring (bicyclic) bond motifs is 2. The van der Waals surface area contributed by atoms with E-state index in [0.29, 0.717) is 11.3 Å². The Morgan fingerprint density at radius 3 is 2.29 bits per heavy atom. The van der Waals surface area contributed by atoms with Crippen LogP contribution in [0.15, 0.2) is 12.3 Å². The van der Waals surface area contributed by atoms with Crippen molar-refractivity contribution in [3.8, 4) is 10.4 Å². The standard InChI is InChI=1S/C20H19F5N4O3S.K/c1-8(20(23,24)25)27-13-6-11(16(21)22)12(7-26-13)15-14(28-17(33-15)19(31)32)18(30)29-9-2-3-10(29)5-4-9;/h6-10,16H,2-5H2,1H3,(H,26,27)(H,31,32);/q;+1/p-1/t8-,9?,10?;/m0./s1. The van der Waals surface area contributed by atoms with Crippen LogP contribution in [0.1, 0.15) is 64.9 Å². The number of hydrogen-bond donors (Lipinski definition) is 1. The van der Waals surface area contributed by atoms with Crippen LogP contribution < -0.4 is 61.8 Å². The molecule has 1 N–H and O–H groups in total. The Bertz CT molecular complexity index is 1080. The fraction of sp³-hybridized carbons (Fsp3) is 0.500. The Morgan fingerprint density at radius 1 is 1.21 bits per heavy atom. The summed E-state index contributed by atoms with van der Waals surface area (Å²) < 4.78 is 66.2. The molecule has 14 heteroatoms. The number of carboxylic acid groups (broad SMARTS) is 1. The maximum absolute atomic E-state index is 13.9. The minimum Gasteiger partial charge on any atom is -0.542 e. The van der Waals surface area contributed by atoms with Crippen LogP contribution in [0.25, 0.3) is 10.4 Å². The molecular formula is C20H18F5KN4O3S. The first-order valence-corrected chi connectivity index (χ1v) is 11.0. The number of pyridine rings is 1. The fourth-order valence-electron chi connectivity index (χ4n) is 4.33. The molecule has 2 bridgehead atoms. The minimum atomic E-state index is -4.62. The van der Waals surface area contributed by atoms with E-state index in [1.54, 1.807) is 4.90 Å². The van der Waals surface area contributed by atoms with Crippen LogP contribution in [0.4, 0.5) is 27.8 Å². The SMILES string of the molecule is C[C@H](Nc1cc(C(F)F)c(-c2sc(C(=O)[O-])nc2C(=O)N2C3CCC2CC3)cn1)C(F)(F)F.[K+]. The normalized spacial score (nSPS) is 20.4. The quantitative estimate of drug-likeness (QED) is 0.437. The molecule has 178 valence electrons. The van der Waals surface area contributed by atoms with Gasteiger partial charge in [-0.2, -0.15) is 13.2 Å². The zero-order valence-electron chi connectivity index (χ0n) is 18.2. The Kier molecular flexibility index (Phi) is 8.40. The molecule has 2 aliphatic heterocycles. The van der Waals surface area contributed by atoms with Crippen molar-refractivity contribution in [2.45, 2.75) is 63.3 Å². The molecule has 2 fully saturated rings. The van der Waals surface area contributed by atoms with Gasteiger partial charge in [-0.3, -0.25) is 4.79 Å². The summed E-state index contributed by atoms with van der Waals surface area (Å²) in [6, 6.07) is -1.33. The first-order chi connectivity index (χ1) is 15.5. The monoisotopic (exact) mass is 528 g/mol. The van der Waals surface area contributed by atoms with Crippen molar-refractivity contribution >= 4 is 29.0 Å². The first-order valence-electron chi connectivity index (χ1n) is 10.1. The molecule has 34 heavy (non-hydrogen) atoms. The van der Waals surface area contributed by atoms with Crippen LogP contribution >= 0.6 is 11.3 Å². The number of carboxylic acids is 1. The van der Waals surface area contributed by atoms with Crippen molar-refractivity contribution in [3.05, 3.63) is 28.5 Å². The molecule has 2 saturated heterocycles. The van der Waals surface area contributed by atoms with Crippen molar-refractivity contribution < 1.29 is 88.0 Å².